The summed E-state index contributed by atoms with van der Waals surface area (Å²) in [5, 5.41) is 0.735. The summed E-state index contributed by atoms with van der Waals surface area (Å²) >= 11 is 6.26. The van der Waals surface area contributed by atoms with Crippen molar-refractivity contribution >= 4 is 23.0 Å². The van der Waals surface area contributed by atoms with Gasteiger partial charge in [-0.3, -0.25) is 4.99 Å². The molecule has 23 heavy (non-hydrogen) atoms. The molecule has 0 N–H and O–H groups in total. The molecule has 0 aliphatic carbocycles. The number of rotatable bonds is 5. The number of hydrogen-bond donors (Lipinski definition) is 0. The van der Waals surface area contributed by atoms with Gasteiger partial charge in [0.15, 0.2) is 0 Å². The Morgan fingerprint density at radius 1 is 1.17 bits per heavy atom. The molecule has 0 saturated carbocycles. The van der Waals surface area contributed by atoms with Crippen LogP contribution in [0.1, 0.15) is 18.1 Å². The Bertz CT molecular complexity index is 685. The van der Waals surface area contributed by atoms with E-state index in [1.807, 2.05) is 37.3 Å². The molecular formula is C19H21ClN2O. The maximum atomic E-state index is 6.26. The van der Waals surface area contributed by atoms with E-state index < -0.39 is 0 Å². The van der Waals surface area contributed by atoms with Crippen molar-refractivity contribution in [2.45, 2.75) is 6.92 Å². The average Bonchev–Trinajstić information content (AvgIpc) is 2.75. The predicted octanol–water partition coefficient (Wildman–Crippen LogP) is 4.03. The number of ether oxygens (including phenoxy) is 1. The van der Waals surface area contributed by atoms with Gasteiger partial charge in [0.25, 0.3) is 0 Å². The highest BCUT2D eigenvalue weighted by atomic mass is 35.5. The highest BCUT2D eigenvalue weighted by molar-refractivity contribution is 6.31. The van der Waals surface area contributed by atoms with Gasteiger partial charge in [-0.05, 0) is 25.1 Å². The van der Waals surface area contributed by atoms with E-state index in [9.17, 15) is 0 Å². The Balaban J connectivity index is 1.98. The summed E-state index contributed by atoms with van der Waals surface area (Å²) in [6.45, 7) is 6.00. The summed E-state index contributed by atoms with van der Waals surface area (Å²) in [7, 11) is 0. The first-order valence-corrected chi connectivity index (χ1v) is 8.40. The van der Waals surface area contributed by atoms with E-state index in [-0.39, 0.29) is 0 Å². The van der Waals surface area contributed by atoms with Crippen molar-refractivity contribution in [3.8, 4) is 0 Å². The first-order valence-electron chi connectivity index (χ1n) is 8.02. The lowest BCUT2D eigenvalue weighted by molar-refractivity contribution is 0.154. The van der Waals surface area contributed by atoms with Gasteiger partial charge in [0.05, 0.1) is 18.9 Å². The molecule has 0 saturated heterocycles. The fourth-order valence-corrected chi connectivity index (χ4v) is 3.03. The quantitative estimate of drug-likeness (QED) is 0.774. The van der Waals surface area contributed by atoms with Gasteiger partial charge in [-0.1, -0.05) is 41.9 Å². The third-order valence-electron chi connectivity index (χ3n) is 3.95. The maximum Gasteiger partial charge on any atom is 0.0741 e. The molecule has 1 aliphatic rings. The average molecular weight is 329 g/mol. The van der Waals surface area contributed by atoms with Gasteiger partial charge < -0.3 is 9.64 Å². The number of hydrogen-bond acceptors (Lipinski definition) is 3. The summed E-state index contributed by atoms with van der Waals surface area (Å²) in [5.41, 5.74) is 4.41. The number of fused-ring (bicyclic) bond motifs is 1. The van der Waals surface area contributed by atoms with Gasteiger partial charge in [0, 0.05) is 41.5 Å². The predicted molar refractivity (Wildman–Crippen MR) is 97.1 cm³/mol. The fraction of sp³-hybridized carbons (Fsp3) is 0.316. The molecule has 120 valence electrons. The lowest BCUT2D eigenvalue weighted by Gasteiger charge is -2.25. The molecular weight excluding hydrogens is 308 g/mol. The van der Waals surface area contributed by atoms with Crippen LogP contribution in [-0.2, 0) is 4.74 Å². The maximum absolute atomic E-state index is 6.26. The first kappa shape index (κ1) is 16.0. The number of anilines is 1. The van der Waals surface area contributed by atoms with Crippen molar-refractivity contribution in [1.82, 2.24) is 0 Å². The van der Waals surface area contributed by atoms with Crippen LogP contribution in [-0.4, -0.2) is 38.6 Å². The van der Waals surface area contributed by atoms with Gasteiger partial charge in [0.2, 0.25) is 0 Å². The number of halogens is 1. The minimum Gasteiger partial charge on any atom is -0.380 e. The van der Waals surface area contributed by atoms with Crippen molar-refractivity contribution in [2.24, 2.45) is 4.99 Å². The zero-order valence-corrected chi connectivity index (χ0v) is 14.1. The Kier molecular flexibility index (Phi) is 5.31. The molecule has 3 nitrogen and oxygen atoms in total. The standard InChI is InChI=1S/C19H21ClN2O/c1-2-23-13-12-22-11-10-21-19(15-6-4-3-5-7-15)17-14-16(20)8-9-18(17)22/h3-9,14H,2,10-13H2,1H3. The van der Waals surface area contributed by atoms with Crippen LogP contribution in [0, 0.1) is 0 Å². The molecule has 3 rings (SSSR count). The van der Waals surface area contributed by atoms with Crippen molar-refractivity contribution in [3.05, 3.63) is 64.7 Å². The molecule has 0 amide bonds. The third-order valence-corrected chi connectivity index (χ3v) is 4.19. The van der Waals surface area contributed by atoms with Crippen LogP contribution >= 0.6 is 11.6 Å². The summed E-state index contributed by atoms with van der Waals surface area (Å²) in [6, 6.07) is 16.4. The highest BCUT2D eigenvalue weighted by Crippen LogP contribution is 2.29. The second-order valence-electron chi connectivity index (χ2n) is 5.44. The molecule has 1 aliphatic heterocycles. The van der Waals surface area contributed by atoms with Crippen molar-refractivity contribution in [1.29, 1.82) is 0 Å². The van der Waals surface area contributed by atoms with Gasteiger partial charge in [0.1, 0.15) is 0 Å². The molecule has 2 aromatic rings. The van der Waals surface area contributed by atoms with E-state index in [2.05, 4.69) is 23.1 Å². The van der Waals surface area contributed by atoms with Crippen molar-refractivity contribution < 1.29 is 4.74 Å². The van der Waals surface area contributed by atoms with Crippen LogP contribution in [0.4, 0.5) is 5.69 Å². The Labute approximate surface area is 142 Å². The van der Waals surface area contributed by atoms with E-state index in [0.717, 1.165) is 54.7 Å². The van der Waals surface area contributed by atoms with E-state index in [0.29, 0.717) is 0 Å². The molecule has 0 aromatic heterocycles. The molecule has 4 heteroatoms. The zero-order chi connectivity index (χ0) is 16.1. The largest absolute Gasteiger partial charge is 0.380 e. The van der Waals surface area contributed by atoms with Gasteiger partial charge in [-0.2, -0.15) is 0 Å². The van der Waals surface area contributed by atoms with E-state index in [1.165, 1.54) is 5.69 Å². The summed E-state index contributed by atoms with van der Waals surface area (Å²) in [6.07, 6.45) is 0. The number of benzene rings is 2. The smallest absolute Gasteiger partial charge is 0.0741 e. The van der Waals surface area contributed by atoms with Crippen molar-refractivity contribution in [3.63, 3.8) is 0 Å². The zero-order valence-electron chi connectivity index (χ0n) is 13.3. The van der Waals surface area contributed by atoms with Crippen LogP contribution in [0.2, 0.25) is 5.02 Å². The third kappa shape index (κ3) is 3.74. The molecule has 0 spiro atoms. The van der Waals surface area contributed by atoms with Crippen LogP contribution in [0.15, 0.2) is 53.5 Å². The first-order chi connectivity index (χ1) is 11.3. The molecule has 1 heterocycles. The molecule has 0 fully saturated rings. The number of aliphatic imine (C=N–C) groups is 1. The minimum absolute atomic E-state index is 0.721. The summed E-state index contributed by atoms with van der Waals surface area (Å²) in [4.78, 5) is 7.16. The van der Waals surface area contributed by atoms with Gasteiger partial charge in [-0.15, -0.1) is 0 Å². The SMILES string of the molecule is CCOCCN1CCN=C(c2ccccc2)c2cc(Cl)ccc21. The van der Waals surface area contributed by atoms with Gasteiger partial charge in [-0.25, -0.2) is 0 Å². The second kappa shape index (κ2) is 7.62. The monoisotopic (exact) mass is 328 g/mol. The van der Waals surface area contributed by atoms with Crippen molar-refractivity contribution in [2.75, 3.05) is 37.7 Å². The summed E-state index contributed by atoms with van der Waals surface area (Å²) in [5.74, 6) is 0. The van der Waals surface area contributed by atoms with Crippen LogP contribution < -0.4 is 4.90 Å². The number of nitrogens with zero attached hydrogens (tertiary/aromatic N) is 2. The van der Waals surface area contributed by atoms with Crippen LogP contribution in [0.5, 0.6) is 0 Å². The molecule has 0 unspecified atom stereocenters. The van der Waals surface area contributed by atoms with E-state index in [1.54, 1.807) is 0 Å². The highest BCUT2D eigenvalue weighted by Gasteiger charge is 2.19. The second-order valence-corrected chi connectivity index (χ2v) is 5.88. The molecule has 0 atom stereocenters. The molecule has 0 radical (unpaired) electrons. The Hall–Kier alpha value is -1.84. The fourth-order valence-electron chi connectivity index (χ4n) is 2.86. The van der Waals surface area contributed by atoms with Crippen LogP contribution in [0.3, 0.4) is 0 Å². The number of benzodiazepines with no additional fused rings is 1. The van der Waals surface area contributed by atoms with Crippen LogP contribution in [0.25, 0.3) is 0 Å². The summed E-state index contributed by atoms with van der Waals surface area (Å²) < 4.78 is 5.52. The van der Waals surface area contributed by atoms with E-state index in [4.69, 9.17) is 21.3 Å². The lowest BCUT2D eigenvalue weighted by Crippen LogP contribution is -2.30. The molecule has 0 bridgehead atoms. The molecule has 2 aromatic carbocycles. The Morgan fingerprint density at radius 3 is 2.78 bits per heavy atom. The normalized spacial score (nSPS) is 14.2. The lowest BCUT2D eigenvalue weighted by atomic mass is 10.0. The Morgan fingerprint density at radius 2 is 2.00 bits per heavy atom. The van der Waals surface area contributed by atoms with E-state index >= 15 is 0 Å². The van der Waals surface area contributed by atoms with Gasteiger partial charge >= 0.3 is 0 Å². The minimum atomic E-state index is 0.721. The topological polar surface area (TPSA) is 24.8 Å².